The zero-order valence-corrected chi connectivity index (χ0v) is 13.5. The summed E-state index contributed by atoms with van der Waals surface area (Å²) in [6, 6.07) is 3.00. The summed E-state index contributed by atoms with van der Waals surface area (Å²) in [7, 11) is 0. The molecule has 0 saturated carbocycles. The molecule has 9 heteroatoms. The molecule has 1 aromatic heterocycles. The van der Waals surface area contributed by atoms with E-state index in [1.165, 1.54) is 31.4 Å². The molecule has 0 spiro atoms. The molecule has 0 bridgehead atoms. The average molecular weight is 346 g/mol. The summed E-state index contributed by atoms with van der Waals surface area (Å²) in [5, 5.41) is 9.80. The average Bonchev–Trinajstić information content (AvgIpc) is 2.54. The molecule has 1 aromatic rings. The van der Waals surface area contributed by atoms with Crippen LogP contribution in [0, 0.1) is 0 Å². The Morgan fingerprint density at radius 2 is 2.17 bits per heavy atom. The second-order valence-corrected chi connectivity index (χ2v) is 5.80. The number of ether oxygens (including phenoxy) is 1. The lowest BCUT2D eigenvalue weighted by Crippen LogP contribution is -2.42. The molecule has 24 heavy (non-hydrogen) atoms. The van der Waals surface area contributed by atoms with Crippen LogP contribution in [0.25, 0.3) is 0 Å². The molecular weight excluding hydrogens is 325 g/mol. The van der Waals surface area contributed by atoms with Gasteiger partial charge in [0.05, 0.1) is 0 Å². The molecule has 1 aliphatic heterocycles. The second-order valence-electron chi connectivity index (χ2n) is 5.80. The van der Waals surface area contributed by atoms with Crippen molar-refractivity contribution in [1.29, 1.82) is 0 Å². The van der Waals surface area contributed by atoms with Crippen molar-refractivity contribution in [2.45, 2.75) is 38.4 Å². The highest BCUT2D eigenvalue weighted by molar-refractivity contribution is 5.92. The van der Waals surface area contributed by atoms with Crippen molar-refractivity contribution in [3.8, 4) is 5.88 Å². The number of alkyl halides is 3. The van der Waals surface area contributed by atoms with Crippen molar-refractivity contribution < 1.29 is 22.7 Å². The fourth-order valence-corrected chi connectivity index (χ4v) is 2.57. The lowest BCUT2D eigenvalue weighted by molar-refractivity contribution is -0.154. The van der Waals surface area contributed by atoms with Gasteiger partial charge in [-0.3, -0.25) is 9.69 Å². The Labute approximate surface area is 138 Å². The number of nitrogens with one attached hydrogen (secondary N) is 1. The number of aromatic nitrogens is 2. The Balaban J connectivity index is 1.75. The first-order valence-electron chi connectivity index (χ1n) is 7.91. The zero-order chi connectivity index (χ0) is 17.6. The highest BCUT2D eigenvalue weighted by Crippen LogP contribution is 2.17. The van der Waals surface area contributed by atoms with Gasteiger partial charge in [0.25, 0.3) is 5.91 Å². The Morgan fingerprint density at radius 1 is 1.38 bits per heavy atom. The van der Waals surface area contributed by atoms with E-state index in [-0.39, 0.29) is 11.6 Å². The Morgan fingerprint density at radius 3 is 2.79 bits per heavy atom. The monoisotopic (exact) mass is 346 g/mol. The van der Waals surface area contributed by atoms with Crippen molar-refractivity contribution in [2.75, 3.05) is 26.2 Å². The topological polar surface area (TPSA) is 67.4 Å². The van der Waals surface area contributed by atoms with Crippen LogP contribution in [0.4, 0.5) is 13.2 Å². The first-order valence-corrected chi connectivity index (χ1v) is 7.91. The highest BCUT2D eigenvalue weighted by atomic mass is 19.4. The largest absolute Gasteiger partial charge is 0.467 e. The van der Waals surface area contributed by atoms with Crippen LogP contribution in [0.3, 0.4) is 0 Å². The molecule has 0 radical (unpaired) electrons. The molecule has 134 valence electrons. The van der Waals surface area contributed by atoms with E-state index in [0.717, 1.165) is 13.1 Å². The van der Waals surface area contributed by atoms with E-state index >= 15 is 0 Å². The van der Waals surface area contributed by atoms with Crippen molar-refractivity contribution in [2.24, 2.45) is 0 Å². The standard InChI is InChI=1S/C15H21F3N4O2/c1-11-4-2-3-8-22(11)9-7-19-14(23)12-5-6-13(21-20-12)24-10-15(16,17)18/h5-6,11H,2-4,7-10H2,1H3,(H,19,23). The SMILES string of the molecule is CC1CCCCN1CCNC(=O)c1ccc(OCC(F)(F)F)nn1. The third kappa shape index (κ3) is 5.95. The molecule has 2 heterocycles. The van der Waals surface area contributed by atoms with Crippen molar-refractivity contribution in [3.63, 3.8) is 0 Å². The normalized spacial score (nSPS) is 19.1. The summed E-state index contributed by atoms with van der Waals surface area (Å²) in [5.41, 5.74) is 0.0426. The molecule has 0 aromatic carbocycles. The van der Waals surface area contributed by atoms with Gasteiger partial charge < -0.3 is 10.1 Å². The van der Waals surface area contributed by atoms with Crippen LogP contribution >= 0.6 is 0 Å². The van der Waals surface area contributed by atoms with Gasteiger partial charge in [-0.05, 0) is 32.4 Å². The van der Waals surface area contributed by atoms with Crippen LogP contribution in [0.15, 0.2) is 12.1 Å². The smallest absolute Gasteiger partial charge is 0.422 e. The first kappa shape index (κ1) is 18.4. The maximum absolute atomic E-state index is 12.0. The van der Waals surface area contributed by atoms with Gasteiger partial charge in [0.1, 0.15) is 0 Å². The van der Waals surface area contributed by atoms with E-state index in [1.54, 1.807) is 0 Å². The number of piperidine rings is 1. The highest BCUT2D eigenvalue weighted by Gasteiger charge is 2.28. The van der Waals surface area contributed by atoms with Crippen LogP contribution in [-0.2, 0) is 0 Å². The second kappa shape index (κ2) is 8.27. The summed E-state index contributed by atoms with van der Waals surface area (Å²) in [5.74, 6) is -0.680. The van der Waals surface area contributed by atoms with Gasteiger partial charge in [0.15, 0.2) is 12.3 Å². The van der Waals surface area contributed by atoms with Crippen molar-refractivity contribution in [3.05, 3.63) is 17.8 Å². The first-order chi connectivity index (χ1) is 11.3. The van der Waals surface area contributed by atoms with Gasteiger partial charge in [-0.25, -0.2) is 0 Å². The lowest BCUT2D eigenvalue weighted by Gasteiger charge is -2.33. The van der Waals surface area contributed by atoms with Crippen LogP contribution in [0.2, 0.25) is 0 Å². The number of rotatable bonds is 6. The van der Waals surface area contributed by atoms with E-state index in [2.05, 4.69) is 32.1 Å². The van der Waals surface area contributed by atoms with Crippen LogP contribution in [0.1, 0.15) is 36.7 Å². The molecule has 1 atom stereocenters. The van der Waals surface area contributed by atoms with Gasteiger partial charge in [0, 0.05) is 25.2 Å². The van der Waals surface area contributed by atoms with Gasteiger partial charge in [-0.1, -0.05) is 6.42 Å². The van der Waals surface area contributed by atoms with Crippen LogP contribution in [-0.4, -0.2) is 59.5 Å². The van der Waals surface area contributed by atoms with Gasteiger partial charge in [0.2, 0.25) is 5.88 Å². The molecule has 1 saturated heterocycles. The van der Waals surface area contributed by atoms with Crippen LogP contribution in [0.5, 0.6) is 5.88 Å². The summed E-state index contributed by atoms with van der Waals surface area (Å²) < 4.78 is 40.5. The van der Waals surface area contributed by atoms with E-state index in [4.69, 9.17) is 0 Å². The lowest BCUT2D eigenvalue weighted by atomic mass is 10.0. The molecule has 2 rings (SSSR count). The van der Waals surface area contributed by atoms with E-state index in [9.17, 15) is 18.0 Å². The number of hydrogen-bond acceptors (Lipinski definition) is 5. The number of likely N-dealkylation sites (tertiary alicyclic amines) is 1. The maximum atomic E-state index is 12.0. The molecule has 6 nitrogen and oxygen atoms in total. The fourth-order valence-electron chi connectivity index (χ4n) is 2.57. The molecule has 1 N–H and O–H groups in total. The molecule has 1 amide bonds. The third-order valence-corrected chi connectivity index (χ3v) is 3.88. The predicted molar refractivity (Wildman–Crippen MR) is 80.8 cm³/mol. The summed E-state index contributed by atoms with van der Waals surface area (Å²) >= 11 is 0. The minimum atomic E-state index is -4.44. The summed E-state index contributed by atoms with van der Waals surface area (Å²) in [6.07, 6.45) is -0.867. The number of carbonyl (C=O) groups is 1. The molecule has 1 fully saturated rings. The Bertz CT molecular complexity index is 537. The third-order valence-electron chi connectivity index (χ3n) is 3.88. The number of halogens is 3. The molecular formula is C15H21F3N4O2. The van der Waals surface area contributed by atoms with E-state index < -0.39 is 18.7 Å². The number of hydrogen-bond donors (Lipinski definition) is 1. The molecule has 1 aliphatic rings. The zero-order valence-electron chi connectivity index (χ0n) is 13.5. The predicted octanol–water partition coefficient (Wildman–Crippen LogP) is 2.02. The Kier molecular flexibility index (Phi) is 6.36. The number of amides is 1. The van der Waals surface area contributed by atoms with Crippen molar-refractivity contribution in [1.82, 2.24) is 20.4 Å². The number of carbonyl (C=O) groups excluding carboxylic acids is 1. The van der Waals surface area contributed by atoms with Crippen molar-refractivity contribution >= 4 is 5.91 Å². The minimum absolute atomic E-state index is 0.0426. The quantitative estimate of drug-likeness (QED) is 0.854. The molecule has 1 unspecified atom stereocenters. The fraction of sp³-hybridized carbons (Fsp3) is 0.667. The molecule has 0 aliphatic carbocycles. The minimum Gasteiger partial charge on any atom is -0.467 e. The van der Waals surface area contributed by atoms with E-state index in [0.29, 0.717) is 12.6 Å². The van der Waals surface area contributed by atoms with Crippen LogP contribution < -0.4 is 10.1 Å². The summed E-state index contributed by atoms with van der Waals surface area (Å²) in [4.78, 5) is 14.3. The van der Waals surface area contributed by atoms with Gasteiger partial charge in [-0.15, -0.1) is 10.2 Å². The Hall–Kier alpha value is -1.90. The summed E-state index contributed by atoms with van der Waals surface area (Å²) in [6.45, 7) is 3.00. The number of nitrogens with zero attached hydrogens (tertiary/aromatic N) is 3. The van der Waals surface area contributed by atoms with Gasteiger partial charge in [-0.2, -0.15) is 13.2 Å². The maximum Gasteiger partial charge on any atom is 0.422 e. The van der Waals surface area contributed by atoms with Gasteiger partial charge >= 0.3 is 6.18 Å². The van der Waals surface area contributed by atoms with E-state index in [1.807, 2.05) is 0 Å².